The molecular formula is C22H26N2O2. The van der Waals surface area contributed by atoms with Gasteiger partial charge in [-0.3, -0.25) is 9.59 Å². The zero-order valence-corrected chi connectivity index (χ0v) is 15.4. The first-order valence-electron chi connectivity index (χ1n) is 9.31. The largest absolute Gasteiger partial charge is 0.353 e. The van der Waals surface area contributed by atoms with E-state index in [1.807, 2.05) is 56.4 Å². The molecule has 0 saturated heterocycles. The molecule has 4 nitrogen and oxygen atoms in total. The van der Waals surface area contributed by atoms with Gasteiger partial charge >= 0.3 is 0 Å². The molecule has 1 N–H and O–H groups in total. The van der Waals surface area contributed by atoms with E-state index in [2.05, 4.69) is 17.4 Å². The van der Waals surface area contributed by atoms with Crippen molar-refractivity contribution >= 4 is 17.5 Å². The number of carbonyl (C=O) groups is 2. The van der Waals surface area contributed by atoms with Crippen LogP contribution in [0.15, 0.2) is 54.6 Å². The highest BCUT2D eigenvalue weighted by Crippen LogP contribution is 2.29. The van der Waals surface area contributed by atoms with Crippen LogP contribution in [0.3, 0.4) is 0 Å². The van der Waals surface area contributed by atoms with Gasteiger partial charge in [0.1, 0.15) is 0 Å². The summed E-state index contributed by atoms with van der Waals surface area (Å²) in [4.78, 5) is 26.1. The van der Waals surface area contributed by atoms with Crippen molar-refractivity contribution in [2.45, 2.75) is 38.6 Å². The Labute approximate surface area is 155 Å². The molecule has 0 spiro atoms. The monoisotopic (exact) mass is 350 g/mol. The first kappa shape index (κ1) is 18.2. The van der Waals surface area contributed by atoms with Crippen molar-refractivity contribution in [3.05, 3.63) is 54.6 Å². The number of nitrogens with zero attached hydrogens (tertiary/aromatic N) is 1. The van der Waals surface area contributed by atoms with Crippen LogP contribution in [0.2, 0.25) is 0 Å². The van der Waals surface area contributed by atoms with Crippen LogP contribution in [-0.4, -0.2) is 24.9 Å². The number of hydrogen-bond donors (Lipinski definition) is 1. The summed E-state index contributed by atoms with van der Waals surface area (Å²) in [6.45, 7) is 1.85. The minimum absolute atomic E-state index is 0.0176. The van der Waals surface area contributed by atoms with E-state index >= 15 is 0 Å². The minimum Gasteiger partial charge on any atom is -0.353 e. The van der Waals surface area contributed by atoms with Gasteiger partial charge in [0.15, 0.2) is 0 Å². The number of amides is 2. The van der Waals surface area contributed by atoms with E-state index in [1.54, 1.807) is 4.90 Å². The van der Waals surface area contributed by atoms with Crippen LogP contribution >= 0.6 is 0 Å². The zero-order valence-electron chi connectivity index (χ0n) is 15.4. The van der Waals surface area contributed by atoms with E-state index in [1.165, 1.54) is 5.56 Å². The molecule has 3 rings (SSSR count). The van der Waals surface area contributed by atoms with Crippen LogP contribution in [-0.2, 0) is 9.59 Å². The van der Waals surface area contributed by atoms with E-state index in [9.17, 15) is 9.59 Å². The smallest absolute Gasteiger partial charge is 0.229 e. The summed E-state index contributed by atoms with van der Waals surface area (Å²) in [6, 6.07) is 18.4. The molecule has 136 valence electrons. The average Bonchev–Trinajstić information content (AvgIpc) is 3.16. The van der Waals surface area contributed by atoms with Gasteiger partial charge in [0.2, 0.25) is 11.8 Å². The summed E-state index contributed by atoms with van der Waals surface area (Å²) in [5.74, 6) is 0.176. The molecule has 0 unspecified atom stereocenters. The van der Waals surface area contributed by atoms with Crippen molar-refractivity contribution in [2.24, 2.45) is 5.92 Å². The second kappa shape index (κ2) is 8.17. The third-order valence-electron chi connectivity index (χ3n) is 5.16. The number of rotatable bonds is 5. The van der Waals surface area contributed by atoms with E-state index in [-0.39, 0.29) is 23.8 Å². The molecule has 1 saturated carbocycles. The second-order valence-electron chi connectivity index (χ2n) is 6.94. The molecule has 1 aliphatic rings. The van der Waals surface area contributed by atoms with Crippen LogP contribution in [0.1, 0.15) is 32.6 Å². The lowest BCUT2D eigenvalue weighted by atomic mass is 10.0. The molecule has 2 aromatic rings. The summed E-state index contributed by atoms with van der Waals surface area (Å²) in [6.07, 6.45) is 2.93. The molecule has 0 heterocycles. The van der Waals surface area contributed by atoms with Crippen molar-refractivity contribution < 1.29 is 9.59 Å². The van der Waals surface area contributed by atoms with Crippen molar-refractivity contribution in [1.29, 1.82) is 0 Å². The third kappa shape index (κ3) is 4.13. The Kier molecular flexibility index (Phi) is 5.71. The van der Waals surface area contributed by atoms with Crippen LogP contribution in [0, 0.1) is 5.92 Å². The van der Waals surface area contributed by atoms with E-state index in [4.69, 9.17) is 0 Å². The Bertz CT molecular complexity index is 755. The van der Waals surface area contributed by atoms with Crippen LogP contribution < -0.4 is 10.2 Å². The van der Waals surface area contributed by atoms with Crippen LogP contribution in [0.25, 0.3) is 11.1 Å². The first-order chi connectivity index (χ1) is 12.6. The summed E-state index contributed by atoms with van der Waals surface area (Å²) in [5.41, 5.74) is 3.20. The predicted octanol–water partition coefficient (Wildman–Crippen LogP) is 4.01. The highest BCUT2D eigenvalue weighted by Gasteiger charge is 2.32. The van der Waals surface area contributed by atoms with Gasteiger partial charge in [-0.25, -0.2) is 0 Å². The fourth-order valence-corrected chi connectivity index (χ4v) is 3.58. The lowest BCUT2D eigenvalue weighted by Gasteiger charge is -2.22. The molecule has 2 atom stereocenters. The molecule has 1 fully saturated rings. The maximum Gasteiger partial charge on any atom is 0.229 e. The van der Waals surface area contributed by atoms with Crippen LogP contribution in [0.5, 0.6) is 0 Å². The fraction of sp³-hybridized carbons (Fsp3) is 0.364. The van der Waals surface area contributed by atoms with Gasteiger partial charge in [-0.15, -0.1) is 0 Å². The summed E-state index contributed by atoms with van der Waals surface area (Å²) in [5, 5.41) is 3.01. The number of nitrogens with one attached hydrogen (secondary N) is 1. The van der Waals surface area contributed by atoms with Gasteiger partial charge in [-0.1, -0.05) is 49.4 Å². The Morgan fingerprint density at radius 1 is 1.00 bits per heavy atom. The molecular weight excluding hydrogens is 324 g/mol. The fourth-order valence-electron chi connectivity index (χ4n) is 3.58. The molecule has 1 aliphatic carbocycles. The number of hydrogen-bond acceptors (Lipinski definition) is 2. The molecule has 2 aromatic carbocycles. The normalized spacial score (nSPS) is 19.2. The molecule has 26 heavy (non-hydrogen) atoms. The van der Waals surface area contributed by atoms with Gasteiger partial charge in [-0.05, 0) is 42.5 Å². The molecule has 4 heteroatoms. The van der Waals surface area contributed by atoms with Crippen LogP contribution in [0.4, 0.5) is 5.69 Å². The third-order valence-corrected chi connectivity index (χ3v) is 5.16. The number of anilines is 1. The van der Waals surface area contributed by atoms with Gasteiger partial charge in [-0.2, -0.15) is 0 Å². The Morgan fingerprint density at radius 2 is 1.65 bits per heavy atom. The lowest BCUT2D eigenvalue weighted by Crippen LogP contribution is -2.35. The van der Waals surface area contributed by atoms with Crippen molar-refractivity contribution in [1.82, 2.24) is 5.32 Å². The molecule has 0 aliphatic heterocycles. The summed E-state index contributed by atoms with van der Waals surface area (Å²) in [7, 11) is 1.83. The maximum absolute atomic E-state index is 12.8. The van der Waals surface area contributed by atoms with Crippen molar-refractivity contribution in [3.63, 3.8) is 0 Å². The van der Waals surface area contributed by atoms with Gasteiger partial charge in [0, 0.05) is 31.1 Å². The number of carbonyl (C=O) groups excluding carboxylic acids is 2. The Hall–Kier alpha value is -2.62. The average molecular weight is 350 g/mol. The van der Waals surface area contributed by atoms with Gasteiger partial charge in [0.05, 0.1) is 0 Å². The highest BCUT2D eigenvalue weighted by atomic mass is 16.2. The molecule has 0 radical (unpaired) electrons. The van der Waals surface area contributed by atoms with Crippen molar-refractivity contribution in [2.75, 3.05) is 11.9 Å². The molecule has 0 aromatic heterocycles. The maximum atomic E-state index is 12.8. The molecule has 0 bridgehead atoms. The quantitative estimate of drug-likeness (QED) is 0.886. The number of benzene rings is 2. The van der Waals surface area contributed by atoms with Gasteiger partial charge < -0.3 is 10.2 Å². The van der Waals surface area contributed by atoms with E-state index < -0.39 is 0 Å². The minimum atomic E-state index is -0.0176. The summed E-state index contributed by atoms with van der Waals surface area (Å²) >= 11 is 0. The van der Waals surface area contributed by atoms with E-state index in [0.29, 0.717) is 6.42 Å². The Balaban J connectivity index is 1.63. The second-order valence-corrected chi connectivity index (χ2v) is 6.94. The Morgan fingerprint density at radius 3 is 2.31 bits per heavy atom. The first-order valence-corrected chi connectivity index (χ1v) is 9.31. The SMILES string of the molecule is CCC(=O)N[C@H]1CC[C@@H](C(=O)N(C)c2ccc(-c3ccccc3)cc2)C1. The highest BCUT2D eigenvalue weighted by molar-refractivity contribution is 5.95. The predicted molar refractivity (Wildman–Crippen MR) is 105 cm³/mol. The zero-order chi connectivity index (χ0) is 18.5. The van der Waals surface area contributed by atoms with Crippen molar-refractivity contribution in [3.8, 4) is 11.1 Å². The standard InChI is InChI=1S/C22H26N2O2/c1-3-21(25)23-19-12-9-18(15-19)22(26)24(2)20-13-10-17(11-14-20)16-7-5-4-6-8-16/h4-8,10-11,13-14,18-19H,3,9,12,15H2,1-2H3,(H,23,25)/t18-,19+/m1/s1. The van der Waals surface area contributed by atoms with E-state index in [0.717, 1.165) is 30.5 Å². The summed E-state index contributed by atoms with van der Waals surface area (Å²) < 4.78 is 0. The molecule has 2 amide bonds. The lowest BCUT2D eigenvalue weighted by molar-refractivity contribution is -0.123. The van der Waals surface area contributed by atoms with Gasteiger partial charge in [0.25, 0.3) is 0 Å². The topological polar surface area (TPSA) is 49.4 Å².